The van der Waals surface area contributed by atoms with Crippen molar-refractivity contribution in [3.05, 3.63) is 12.7 Å². The van der Waals surface area contributed by atoms with Gasteiger partial charge < -0.3 is 0 Å². The molecule has 0 nitrogen and oxygen atoms in total. The van der Waals surface area contributed by atoms with Gasteiger partial charge in [-0.3, -0.25) is 0 Å². The summed E-state index contributed by atoms with van der Waals surface area (Å²) in [5.41, 5.74) is 0. The molecule has 0 radical (unpaired) electrons. The van der Waals surface area contributed by atoms with Crippen LogP contribution in [-0.4, -0.2) is 4.83 Å². The van der Waals surface area contributed by atoms with Crippen LogP contribution in [0, 0.1) is 5.92 Å². The van der Waals surface area contributed by atoms with Crippen LogP contribution in [0.1, 0.15) is 6.42 Å². The minimum absolute atomic E-state index is 0.759. The molecule has 0 spiro atoms. The van der Waals surface area contributed by atoms with Crippen LogP contribution >= 0.6 is 15.9 Å². The molecule has 0 saturated heterocycles. The van der Waals surface area contributed by atoms with Crippen LogP contribution in [0.3, 0.4) is 0 Å². The molecule has 0 unspecified atom stereocenters. The van der Waals surface area contributed by atoms with Crippen molar-refractivity contribution < 1.29 is 0 Å². The molecule has 0 aromatic rings. The number of alkyl halides is 1. The molecule has 34 valence electrons. The SMILES string of the molecule is C=C[C@@H]1C[C@@H]1Br. The maximum absolute atomic E-state index is 3.64. The summed E-state index contributed by atoms with van der Waals surface area (Å²) in [5.74, 6) is 0.782. The highest BCUT2D eigenvalue weighted by atomic mass is 79.9. The molecule has 2 atom stereocenters. The van der Waals surface area contributed by atoms with Crippen molar-refractivity contribution in [1.29, 1.82) is 0 Å². The molecule has 0 aromatic carbocycles. The van der Waals surface area contributed by atoms with Gasteiger partial charge in [0.15, 0.2) is 0 Å². The summed E-state index contributed by atoms with van der Waals surface area (Å²) in [7, 11) is 0. The summed E-state index contributed by atoms with van der Waals surface area (Å²) in [6, 6.07) is 0. The lowest BCUT2D eigenvalue weighted by atomic mass is 10.4. The molecule has 0 heterocycles. The van der Waals surface area contributed by atoms with E-state index >= 15 is 0 Å². The largest absolute Gasteiger partial charge is 0.103 e. The van der Waals surface area contributed by atoms with Crippen molar-refractivity contribution in [3.63, 3.8) is 0 Å². The Morgan fingerprint density at radius 3 is 2.33 bits per heavy atom. The second-order valence-electron chi connectivity index (χ2n) is 1.65. The fraction of sp³-hybridized carbons (Fsp3) is 0.600. The summed E-state index contributed by atoms with van der Waals surface area (Å²) in [5, 5.41) is 0. The van der Waals surface area contributed by atoms with E-state index in [0.717, 1.165) is 10.7 Å². The first-order valence-corrected chi connectivity index (χ1v) is 3.03. The molecule has 0 bridgehead atoms. The lowest BCUT2D eigenvalue weighted by Crippen LogP contribution is -1.63. The van der Waals surface area contributed by atoms with Crippen LogP contribution in [0.5, 0.6) is 0 Å². The average Bonchev–Trinajstić information content (AvgIpc) is 2.19. The van der Waals surface area contributed by atoms with Gasteiger partial charge in [-0.1, -0.05) is 22.0 Å². The van der Waals surface area contributed by atoms with Crippen LogP contribution < -0.4 is 0 Å². The third-order valence-corrected chi connectivity index (χ3v) is 2.11. The number of hydrogen-bond acceptors (Lipinski definition) is 0. The topological polar surface area (TPSA) is 0 Å². The van der Waals surface area contributed by atoms with E-state index in [2.05, 4.69) is 22.5 Å². The number of halogens is 1. The van der Waals surface area contributed by atoms with Gasteiger partial charge >= 0.3 is 0 Å². The third kappa shape index (κ3) is 0.648. The van der Waals surface area contributed by atoms with E-state index in [-0.39, 0.29) is 0 Å². The maximum atomic E-state index is 3.64. The highest BCUT2D eigenvalue weighted by molar-refractivity contribution is 9.09. The second-order valence-corrected chi connectivity index (χ2v) is 2.83. The van der Waals surface area contributed by atoms with E-state index in [1.807, 2.05) is 6.08 Å². The van der Waals surface area contributed by atoms with Gasteiger partial charge in [0.1, 0.15) is 0 Å². The Hall–Kier alpha value is 0.220. The normalized spacial score (nSPS) is 42.2. The molecule has 6 heavy (non-hydrogen) atoms. The number of allylic oxidation sites excluding steroid dienone is 1. The Morgan fingerprint density at radius 1 is 1.83 bits per heavy atom. The Bertz CT molecular complexity index is 68.3. The van der Waals surface area contributed by atoms with E-state index in [1.54, 1.807) is 0 Å². The van der Waals surface area contributed by atoms with Gasteiger partial charge in [-0.25, -0.2) is 0 Å². The first-order chi connectivity index (χ1) is 2.84. The van der Waals surface area contributed by atoms with Crippen LogP contribution in [0.2, 0.25) is 0 Å². The molecular weight excluding hydrogens is 140 g/mol. The van der Waals surface area contributed by atoms with Crippen molar-refractivity contribution in [1.82, 2.24) is 0 Å². The molecule has 1 aliphatic carbocycles. The Morgan fingerprint density at radius 2 is 2.33 bits per heavy atom. The van der Waals surface area contributed by atoms with Crippen molar-refractivity contribution in [3.8, 4) is 0 Å². The van der Waals surface area contributed by atoms with E-state index in [4.69, 9.17) is 0 Å². The lowest BCUT2D eigenvalue weighted by molar-refractivity contribution is 1.14. The van der Waals surface area contributed by atoms with E-state index in [0.29, 0.717) is 0 Å². The summed E-state index contributed by atoms with van der Waals surface area (Å²) in [4.78, 5) is 0.759. The second kappa shape index (κ2) is 1.38. The quantitative estimate of drug-likeness (QED) is 0.392. The van der Waals surface area contributed by atoms with Crippen molar-refractivity contribution in [2.45, 2.75) is 11.2 Å². The highest BCUT2D eigenvalue weighted by Crippen LogP contribution is 2.37. The summed E-state index contributed by atoms with van der Waals surface area (Å²) < 4.78 is 0. The molecule has 1 fully saturated rings. The predicted octanol–water partition coefficient (Wildman–Crippen LogP) is 1.96. The van der Waals surface area contributed by atoms with Gasteiger partial charge in [-0.15, -0.1) is 6.58 Å². The zero-order valence-electron chi connectivity index (χ0n) is 3.52. The zero-order valence-corrected chi connectivity index (χ0v) is 5.11. The van der Waals surface area contributed by atoms with Gasteiger partial charge in [-0.05, 0) is 12.3 Å². The van der Waals surface area contributed by atoms with Crippen LogP contribution in [-0.2, 0) is 0 Å². The van der Waals surface area contributed by atoms with Crippen molar-refractivity contribution in [2.24, 2.45) is 5.92 Å². The molecule has 0 amide bonds. The average molecular weight is 147 g/mol. The maximum Gasteiger partial charge on any atom is 0.0214 e. The Balaban J connectivity index is 2.25. The third-order valence-electron chi connectivity index (χ3n) is 1.06. The molecule has 1 rings (SSSR count). The van der Waals surface area contributed by atoms with Crippen LogP contribution in [0.4, 0.5) is 0 Å². The molecule has 1 aliphatic rings. The standard InChI is InChI=1S/C5H7Br/c1-2-4-3-5(4)6/h2,4-5H,1,3H2/t4-,5+/m1/s1. The van der Waals surface area contributed by atoms with Gasteiger partial charge in [0.25, 0.3) is 0 Å². The van der Waals surface area contributed by atoms with Crippen LogP contribution in [0.15, 0.2) is 12.7 Å². The predicted molar refractivity (Wildman–Crippen MR) is 31.0 cm³/mol. The van der Waals surface area contributed by atoms with E-state index in [1.165, 1.54) is 6.42 Å². The summed E-state index contributed by atoms with van der Waals surface area (Å²) in [6.07, 6.45) is 3.29. The van der Waals surface area contributed by atoms with E-state index in [9.17, 15) is 0 Å². The first-order valence-electron chi connectivity index (χ1n) is 2.11. The van der Waals surface area contributed by atoms with Crippen molar-refractivity contribution >= 4 is 15.9 Å². The molecule has 0 aliphatic heterocycles. The van der Waals surface area contributed by atoms with Gasteiger partial charge in [0, 0.05) is 4.83 Å². The zero-order chi connectivity index (χ0) is 4.57. The number of hydrogen-bond donors (Lipinski definition) is 0. The molecule has 0 aromatic heterocycles. The summed E-state index contributed by atoms with van der Waals surface area (Å²) >= 11 is 3.44. The highest BCUT2D eigenvalue weighted by Gasteiger charge is 2.30. The lowest BCUT2D eigenvalue weighted by Gasteiger charge is -1.70. The molecule has 1 heteroatoms. The molecule has 1 saturated carbocycles. The Kier molecular flexibility index (Phi) is 1.00. The number of rotatable bonds is 1. The molecule has 0 N–H and O–H groups in total. The monoisotopic (exact) mass is 146 g/mol. The van der Waals surface area contributed by atoms with E-state index < -0.39 is 0 Å². The summed E-state index contributed by atoms with van der Waals surface area (Å²) in [6.45, 7) is 3.64. The smallest absolute Gasteiger partial charge is 0.0214 e. The first kappa shape index (κ1) is 4.38. The van der Waals surface area contributed by atoms with Crippen molar-refractivity contribution in [2.75, 3.05) is 0 Å². The Labute approximate surface area is 46.4 Å². The van der Waals surface area contributed by atoms with Gasteiger partial charge in [0.05, 0.1) is 0 Å². The van der Waals surface area contributed by atoms with Gasteiger partial charge in [-0.2, -0.15) is 0 Å². The van der Waals surface area contributed by atoms with Gasteiger partial charge in [0.2, 0.25) is 0 Å². The van der Waals surface area contributed by atoms with Crippen LogP contribution in [0.25, 0.3) is 0 Å². The molecular formula is C5H7Br. The minimum atomic E-state index is 0.759. The fourth-order valence-corrected chi connectivity index (χ4v) is 1.07. The fourth-order valence-electron chi connectivity index (χ4n) is 0.425. The minimum Gasteiger partial charge on any atom is -0.103 e.